The molecule has 0 saturated heterocycles. The number of carbonyl (C=O) groups excluding carboxylic acids is 1. The molecule has 4 nitrogen and oxygen atoms in total. The number of aryl methyl sites for hydroxylation is 2. The van der Waals surface area contributed by atoms with E-state index in [0.717, 1.165) is 5.56 Å². The normalized spacial score (nSPS) is 10.7. The maximum absolute atomic E-state index is 13.1. The van der Waals surface area contributed by atoms with Crippen LogP contribution in [0.25, 0.3) is 11.3 Å². The van der Waals surface area contributed by atoms with E-state index in [1.807, 2.05) is 18.2 Å². The molecule has 128 valence electrons. The molecule has 0 radical (unpaired) electrons. The van der Waals surface area contributed by atoms with Crippen LogP contribution in [0.15, 0.2) is 53.1 Å². The molecule has 3 aromatic rings. The molecule has 0 bridgehead atoms. The molecule has 0 aliphatic rings. The van der Waals surface area contributed by atoms with E-state index in [1.165, 1.54) is 12.1 Å². The highest BCUT2D eigenvalue weighted by Gasteiger charge is 2.12. The van der Waals surface area contributed by atoms with E-state index in [9.17, 15) is 9.18 Å². The first-order valence-electron chi connectivity index (χ1n) is 7.78. The summed E-state index contributed by atoms with van der Waals surface area (Å²) in [5, 5.41) is 3.34. The third-order valence-electron chi connectivity index (χ3n) is 3.72. The molecule has 0 atom stereocenters. The smallest absolute Gasteiger partial charge is 0.224 e. The zero-order chi connectivity index (χ0) is 17.8. The highest BCUT2D eigenvalue weighted by molar-refractivity contribution is 6.33. The monoisotopic (exact) mass is 358 g/mol. The van der Waals surface area contributed by atoms with E-state index >= 15 is 0 Å². The first-order valence-corrected chi connectivity index (χ1v) is 8.16. The molecule has 1 heterocycles. The van der Waals surface area contributed by atoms with Crippen LogP contribution in [0.3, 0.4) is 0 Å². The number of nitrogens with zero attached hydrogens (tertiary/aromatic N) is 1. The Morgan fingerprint density at radius 1 is 1.28 bits per heavy atom. The lowest BCUT2D eigenvalue weighted by atomic mass is 10.2. The van der Waals surface area contributed by atoms with Crippen molar-refractivity contribution in [3.63, 3.8) is 0 Å². The topological polar surface area (TPSA) is 55.1 Å². The largest absolute Gasteiger partial charge is 0.441 e. The summed E-state index contributed by atoms with van der Waals surface area (Å²) in [6.07, 6.45) is 2.16. The van der Waals surface area contributed by atoms with Gasteiger partial charge in [-0.3, -0.25) is 4.79 Å². The number of hydrogen-bond donors (Lipinski definition) is 1. The van der Waals surface area contributed by atoms with Crippen molar-refractivity contribution in [2.24, 2.45) is 0 Å². The van der Waals surface area contributed by atoms with Crippen molar-refractivity contribution in [2.45, 2.75) is 19.8 Å². The van der Waals surface area contributed by atoms with Gasteiger partial charge in [-0.15, -0.1) is 0 Å². The van der Waals surface area contributed by atoms with E-state index in [2.05, 4.69) is 10.3 Å². The number of carbonyl (C=O) groups is 1. The van der Waals surface area contributed by atoms with Crippen molar-refractivity contribution in [3.05, 3.63) is 71.0 Å². The summed E-state index contributed by atoms with van der Waals surface area (Å²) in [4.78, 5) is 16.2. The van der Waals surface area contributed by atoms with Gasteiger partial charge in [0.05, 0.1) is 11.2 Å². The second-order valence-electron chi connectivity index (χ2n) is 5.61. The van der Waals surface area contributed by atoms with Crippen molar-refractivity contribution >= 4 is 23.2 Å². The third kappa shape index (κ3) is 4.25. The van der Waals surface area contributed by atoms with E-state index in [-0.39, 0.29) is 18.1 Å². The number of amides is 1. The van der Waals surface area contributed by atoms with E-state index in [4.69, 9.17) is 16.0 Å². The third-order valence-corrected chi connectivity index (χ3v) is 4.05. The first kappa shape index (κ1) is 17.2. The number of oxazole rings is 1. The fourth-order valence-electron chi connectivity index (χ4n) is 2.41. The maximum Gasteiger partial charge on any atom is 0.224 e. The Hall–Kier alpha value is -2.66. The Kier molecular flexibility index (Phi) is 5.14. The van der Waals surface area contributed by atoms with Gasteiger partial charge in [0, 0.05) is 24.1 Å². The molecule has 1 aromatic heterocycles. The highest BCUT2D eigenvalue weighted by Crippen LogP contribution is 2.28. The van der Waals surface area contributed by atoms with Crippen LogP contribution in [0.4, 0.5) is 10.1 Å². The van der Waals surface area contributed by atoms with Gasteiger partial charge < -0.3 is 9.73 Å². The molecule has 6 heteroatoms. The van der Waals surface area contributed by atoms with Gasteiger partial charge in [-0.25, -0.2) is 9.37 Å². The van der Waals surface area contributed by atoms with Gasteiger partial charge >= 0.3 is 0 Å². The summed E-state index contributed by atoms with van der Waals surface area (Å²) in [6, 6.07) is 11.6. The Morgan fingerprint density at radius 3 is 2.84 bits per heavy atom. The van der Waals surface area contributed by atoms with Crippen molar-refractivity contribution in [3.8, 4) is 11.3 Å². The minimum absolute atomic E-state index is 0.188. The van der Waals surface area contributed by atoms with Crippen LogP contribution in [0.5, 0.6) is 0 Å². The summed E-state index contributed by atoms with van der Waals surface area (Å²) in [6.45, 7) is 1.74. The van der Waals surface area contributed by atoms with Gasteiger partial charge in [-0.1, -0.05) is 23.7 Å². The maximum atomic E-state index is 13.1. The summed E-state index contributed by atoms with van der Waals surface area (Å²) in [5.74, 6) is 0.505. The van der Waals surface area contributed by atoms with E-state index in [1.54, 1.807) is 25.3 Å². The molecule has 3 rings (SSSR count). The molecular weight excluding hydrogens is 343 g/mol. The van der Waals surface area contributed by atoms with Crippen LogP contribution >= 0.6 is 11.6 Å². The van der Waals surface area contributed by atoms with Crippen molar-refractivity contribution < 1.29 is 13.6 Å². The predicted octanol–water partition coefficient (Wildman–Crippen LogP) is 5.01. The predicted molar refractivity (Wildman–Crippen MR) is 95.0 cm³/mol. The molecular formula is C19H16ClFN2O2. The van der Waals surface area contributed by atoms with E-state index in [0.29, 0.717) is 34.3 Å². The Balaban J connectivity index is 1.60. The summed E-state index contributed by atoms with van der Waals surface area (Å²) in [5.41, 5.74) is 2.02. The molecule has 0 aliphatic carbocycles. The van der Waals surface area contributed by atoms with Gasteiger partial charge in [0.25, 0.3) is 0 Å². The molecule has 0 fully saturated rings. The number of nitrogens with one attached hydrogen (secondary N) is 1. The van der Waals surface area contributed by atoms with Gasteiger partial charge in [0.1, 0.15) is 5.82 Å². The average Bonchev–Trinajstić information content (AvgIpc) is 3.05. The minimum Gasteiger partial charge on any atom is -0.441 e. The van der Waals surface area contributed by atoms with Crippen LogP contribution in [0, 0.1) is 12.7 Å². The van der Waals surface area contributed by atoms with Crippen LogP contribution in [0.2, 0.25) is 5.02 Å². The lowest BCUT2D eigenvalue weighted by molar-refractivity contribution is -0.116. The van der Waals surface area contributed by atoms with Crippen LogP contribution in [-0.2, 0) is 11.2 Å². The summed E-state index contributed by atoms with van der Waals surface area (Å²) >= 11 is 6.13. The second kappa shape index (κ2) is 7.49. The average molecular weight is 359 g/mol. The van der Waals surface area contributed by atoms with Crippen LogP contribution in [-0.4, -0.2) is 10.9 Å². The standard InChI is InChI=1S/C19H16ClFN2O2/c1-12-10-13(21)6-7-16(12)23-18(24)8-9-19-22-11-17(25-19)14-4-2-3-5-15(14)20/h2-7,10-11H,8-9H2,1H3,(H,23,24). The van der Waals surface area contributed by atoms with Crippen molar-refractivity contribution in [1.82, 2.24) is 4.98 Å². The second-order valence-corrected chi connectivity index (χ2v) is 6.01. The number of halogens is 2. The van der Waals surface area contributed by atoms with Crippen LogP contribution in [0.1, 0.15) is 17.9 Å². The van der Waals surface area contributed by atoms with Crippen LogP contribution < -0.4 is 5.32 Å². The first-order chi connectivity index (χ1) is 12.0. The number of aromatic nitrogens is 1. The molecule has 1 N–H and O–H groups in total. The molecule has 25 heavy (non-hydrogen) atoms. The van der Waals surface area contributed by atoms with Crippen molar-refractivity contribution in [1.29, 1.82) is 0 Å². The summed E-state index contributed by atoms with van der Waals surface area (Å²) in [7, 11) is 0. The number of anilines is 1. The quantitative estimate of drug-likeness (QED) is 0.697. The summed E-state index contributed by atoms with van der Waals surface area (Å²) < 4.78 is 18.7. The lowest BCUT2D eigenvalue weighted by Gasteiger charge is -2.07. The molecule has 0 unspecified atom stereocenters. The SMILES string of the molecule is Cc1cc(F)ccc1NC(=O)CCc1ncc(-c2ccccc2Cl)o1. The van der Waals surface area contributed by atoms with Gasteiger partial charge in [0.15, 0.2) is 11.7 Å². The van der Waals surface area contributed by atoms with Crippen molar-refractivity contribution in [2.75, 3.05) is 5.32 Å². The minimum atomic E-state index is -0.331. The number of benzene rings is 2. The Morgan fingerprint density at radius 2 is 2.08 bits per heavy atom. The fourth-order valence-corrected chi connectivity index (χ4v) is 2.64. The Labute approximate surface area is 149 Å². The molecule has 0 saturated carbocycles. The zero-order valence-corrected chi connectivity index (χ0v) is 14.3. The Bertz CT molecular complexity index is 908. The number of hydrogen-bond acceptors (Lipinski definition) is 3. The lowest BCUT2D eigenvalue weighted by Crippen LogP contribution is -2.13. The molecule has 2 aromatic carbocycles. The highest BCUT2D eigenvalue weighted by atomic mass is 35.5. The van der Waals surface area contributed by atoms with E-state index < -0.39 is 0 Å². The number of rotatable bonds is 5. The fraction of sp³-hybridized carbons (Fsp3) is 0.158. The van der Waals surface area contributed by atoms with Gasteiger partial charge in [0.2, 0.25) is 5.91 Å². The van der Waals surface area contributed by atoms with Gasteiger partial charge in [-0.05, 0) is 42.8 Å². The zero-order valence-electron chi connectivity index (χ0n) is 13.6. The molecule has 0 aliphatic heterocycles. The molecule has 1 amide bonds. The van der Waals surface area contributed by atoms with Gasteiger partial charge in [-0.2, -0.15) is 0 Å². The molecule has 0 spiro atoms.